The fourth-order valence-electron chi connectivity index (χ4n) is 4.89. The van der Waals surface area contributed by atoms with Crippen molar-refractivity contribution in [2.45, 2.75) is 38.5 Å². The van der Waals surface area contributed by atoms with Crippen LogP contribution in [0.15, 0.2) is 94.2 Å². The minimum atomic E-state index is 0.532. The molecule has 0 N–H and O–H groups in total. The van der Waals surface area contributed by atoms with Crippen LogP contribution in [0.2, 0.25) is 0 Å². The average Bonchev–Trinajstić information content (AvgIpc) is 2.67. The zero-order valence-corrected chi connectivity index (χ0v) is 14.2. The lowest BCUT2D eigenvalue weighted by molar-refractivity contribution is 0.588. The van der Waals surface area contributed by atoms with E-state index in [2.05, 4.69) is 60.8 Å². The van der Waals surface area contributed by atoms with E-state index < -0.39 is 0 Å². The quantitative estimate of drug-likeness (QED) is 0.533. The second-order valence-electron chi connectivity index (χ2n) is 7.50. The van der Waals surface area contributed by atoms with E-state index >= 15 is 0 Å². The first-order valence-corrected chi connectivity index (χ1v) is 9.46. The van der Waals surface area contributed by atoms with E-state index in [-0.39, 0.29) is 0 Å². The summed E-state index contributed by atoms with van der Waals surface area (Å²) in [7, 11) is 0. The minimum absolute atomic E-state index is 0.532. The lowest BCUT2D eigenvalue weighted by Crippen LogP contribution is -2.23. The summed E-state index contributed by atoms with van der Waals surface area (Å²) < 4.78 is 0. The maximum absolute atomic E-state index is 2.51. The maximum Gasteiger partial charge on any atom is 0.0128 e. The van der Waals surface area contributed by atoms with Crippen molar-refractivity contribution in [2.24, 2.45) is 11.8 Å². The van der Waals surface area contributed by atoms with Gasteiger partial charge in [0.2, 0.25) is 0 Å². The van der Waals surface area contributed by atoms with Gasteiger partial charge in [0.15, 0.2) is 0 Å². The van der Waals surface area contributed by atoms with Crippen LogP contribution in [0, 0.1) is 11.8 Å². The summed E-state index contributed by atoms with van der Waals surface area (Å²) in [6, 6.07) is 0. The smallest absolute Gasteiger partial charge is 0.0128 e. The lowest BCUT2D eigenvalue weighted by Gasteiger charge is -2.35. The van der Waals surface area contributed by atoms with Crippen LogP contribution >= 0.6 is 0 Å². The zero-order valence-electron chi connectivity index (χ0n) is 14.2. The van der Waals surface area contributed by atoms with Crippen LogP contribution in [-0.2, 0) is 0 Å². The highest BCUT2D eigenvalue weighted by Crippen LogP contribution is 2.45. The molecule has 0 aromatic carbocycles. The number of fused-ring (bicyclic) bond motifs is 2. The molecule has 0 radical (unpaired) electrons. The van der Waals surface area contributed by atoms with Gasteiger partial charge in [0, 0.05) is 11.8 Å². The monoisotopic (exact) mass is 312 g/mol. The Bertz CT molecular complexity index is 814. The van der Waals surface area contributed by atoms with Gasteiger partial charge in [-0.15, -0.1) is 0 Å². The predicted octanol–water partition coefficient (Wildman–Crippen LogP) is 6.30. The zero-order chi connectivity index (χ0) is 15.9. The van der Waals surface area contributed by atoms with Crippen molar-refractivity contribution in [3.8, 4) is 0 Å². The van der Waals surface area contributed by atoms with Crippen LogP contribution in [0.4, 0.5) is 0 Å². The molecule has 5 rings (SSSR count). The normalized spacial score (nSPS) is 30.7. The van der Waals surface area contributed by atoms with Crippen LogP contribution in [0.5, 0.6) is 0 Å². The van der Waals surface area contributed by atoms with E-state index in [1.165, 1.54) is 38.5 Å². The maximum atomic E-state index is 2.51. The molecular weight excluding hydrogens is 288 g/mol. The van der Waals surface area contributed by atoms with Crippen molar-refractivity contribution in [1.82, 2.24) is 0 Å². The third-order valence-electron chi connectivity index (χ3n) is 6.15. The molecule has 0 heterocycles. The first kappa shape index (κ1) is 14.3. The molecule has 0 nitrogen and oxygen atoms in total. The van der Waals surface area contributed by atoms with Gasteiger partial charge in [0.1, 0.15) is 0 Å². The molecule has 0 aromatic rings. The summed E-state index contributed by atoms with van der Waals surface area (Å²) >= 11 is 0. The van der Waals surface area contributed by atoms with E-state index in [0.717, 1.165) is 0 Å². The van der Waals surface area contributed by atoms with E-state index in [0.29, 0.717) is 11.8 Å². The molecule has 0 spiro atoms. The van der Waals surface area contributed by atoms with Crippen molar-refractivity contribution >= 4 is 0 Å². The lowest BCUT2D eigenvalue weighted by atomic mass is 9.68. The average molecular weight is 312 g/mol. The van der Waals surface area contributed by atoms with Gasteiger partial charge in [0.05, 0.1) is 0 Å². The molecule has 2 atom stereocenters. The third kappa shape index (κ3) is 2.28. The Balaban J connectivity index is 1.50. The Labute approximate surface area is 145 Å². The first-order chi connectivity index (χ1) is 11.9. The van der Waals surface area contributed by atoms with E-state index in [1.54, 1.807) is 33.4 Å². The van der Waals surface area contributed by atoms with Gasteiger partial charge in [-0.05, 0) is 72.0 Å². The molecule has 0 amide bonds. The molecule has 0 heteroatoms. The molecule has 2 unspecified atom stereocenters. The molecule has 0 aromatic heterocycles. The highest BCUT2D eigenvalue weighted by atomic mass is 14.4. The summed E-state index contributed by atoms with van der Waals surface area (Å²) in [6.07, 6.45) is 31.2. The van der Waals surface area contributed by atoms with Crippen molar-refractivity contribution in [2.75, 3.05) is 0 Å². The number of hydrogen-bond acceptors (Lipinski definition) is 0. The number of allylic oxidation sites excluding steroid dienone is 16. The van der Waals surface area contributed by atoms with Crippen molar-refractivity contribution in [3.05, 3.63) is 94.2 Å². The van der Waals surface area contributed by atoms with Gasteiger partial charge in [-0.1, -0.05) is 60.8 Å². The highest BCUT2D eigenvalue weighted by molar-refractivity contribution is 5.55. The van der Waals surface area contributed by atoms with E-state index in [4.69, 9.17) is 0 Å². The second kappa shape index (κ2) is 5.77. The van der Waals surface area contributed by atoms with Gasteiger partial charge in [-0.2, -0.15) is 0 Å². The van der Waals surface area contributed by atoms with Gasteiger partial charge < -0.3 is 0 Å². The molecule has 24 heavy (non-hydrogen) atoms. The molecule has 5 aliphatic carbocycles. The summed E-state index contributed by atoms with van der Waals surface area (Å²) in [5, 5.41) is 0. The van der Waals surface area contributed by atoms with Gasteiger partial charge >= 0.3 is 0 Å². The summed E-state index contributed by atoms with van der Waals surface area (Å²) in [5.74, 6) is 1.08. The SMILES string of the molecule is C1=CC2C3=C(C=CC2C(C2=CC4=C(C=CCC4)CC2)=C1)CCC=C3. The summed E-state index contributed by atoms with van der Waals surface area (Å²) in [6.45, 7) is 0. The summed E-state index contributed by atoms with van der Waals surface area (Å²) in [4.78, 5) is 0. The van der Waals surface area contributed by atoms with Gasteiger partial charge in [0.25, 0.3) is 0 Å². The van der Waals surface area contributed by atoms with Crippen molar-refractivity contribution in [1.29, 1.82) is 0 Å². The largest absolute Gasteiger partial charge is 0.0839 e. The standard InChI is InChI=1S/C24H24/c1-2-8-19-16-20(13-12-17(19)6-1)22-10-5-11-23-21-9-4-3-7-18(21)14-15-24(22)23/h1,4-6,9-11,14-16,23-24H,2-3,7-8,12-13H2. The molecule has 0 saturated heterocycles. The fourth-order valence-corrected chi connectivity index (χ4v) is 4.89. The predicted molar refractivity (Wildman–Crippen MR) is 101 cm³/mol. The van der Waals surface area contributed by atoms with Crippen LogP contribution in [0.1, 0.15) is 38.5 Å². The molecule has 0 fully saturated rings. The molecule has 5 aliphatic rings. The fraction of sp³-hybridized carbons (Fsp3) is 0.333. The third-order valence-corrected chi connectivity index (χ3v) is 6.15. The molecular formula is C24H24. The van der Waals surface area contributed by atoms with Crippen LogP contribution in [-0.4, -0.2) is 0 Å². The molecule has 0 bridgehead atoms. The van der Waals surface area contributed by atoms with Gasteiger partial charge in [-0.25, -0.2) is 0 Å². The molecule has 0 saturated carbocycles. The Morgan fingerprint density at radius 1 is 0.708 bits per heavy atom. The Kier molecular flexibility index (Phi) is 3.43. The van der Waals surface area contributed by atoms with Crippen LogP contribution in [0.25, 0.3) is 0 Å². The molecule has 120 valence electrons. The minimum Gasteiger partial charge on any atom is -0.0839 e. The van der Waals surface area contributed by atoms with Crippen molar-refractivity contribution in [3.63, 3.8) is 0 Å². The van der Waals surface area contributed by atoms with Crippen LogP contribution < -0.4 is 0 Å². The Morgan fingerprint density at radius 2 is 1.58 bits per heavy atom. The van der Waals surface area contributed by atoms with E-state index in [9.17, 15) is 0 Å². The Hall–Kier alpha value is -2.08. The number of rotatable bonds is 1. The van der Waals surface area contributed by atoms with Crippen molar-refractivity contribution < 1.29 is 0 Å². The van der Waals surface area contributed by atoms with Gasteiger partial charge in [-0.3, -0.25) is 0 Å². The number of hydrogen-bond donors (Lipinski definition) is 0. The molecule has 0 aliphatic heterocycles. The Morgan fingerprint density at radius 3 is 2.54 bits per heavy atom. The topological polar surface area (TPSA) is 0 Å². The second-order valence-corrected chi connectivity index (χ2v) is 7.50. The first-order valence-electron chi connectivity index (χ1n) is 9.46. The van der Waals surface area contributed by atoms with Crippen LogP contribution in [0.3, 0.4) is 0 Å². The summed E-state index contributed by atoms with van der Waals surface area (Å²) in [5.41, 5.74) is 9.43. The van der Waals surface area contributed by atoms with E-state index in [1.807, 2.05) is 0 Å². The highest BCUT2D eigenvalue weighted by Gasteiger charge is 2.32.